The third kappa shape index (κ3) is 4.33. The summed E-state index contributed by atoms with van der Waals surface area (Å²) >= 11 is 0. The van der Waals surface area contributed by atoms with Gasteiger partial charge in [-0.05, 0) is 5.56 Å². The van der Waals surface area contributed by atoms with Crippen LogP contribution in [-0.2, 0) is 14.3 Å². The predicted octanol–water partition coefficient (Wildman–Crippen LogP) is 0.799. The Hall–Kier alpha value is -1.92. The van der Waals surface area contributed by atoms with Crippen LogP contribution >= 0.6 is 0 Å². The summed E-state index contributed by atoms with van der Waals surface area (Å²) in [6.07, 6.45) is 0.924. The Bertz CT molecular complexity index is 558. The van der Waals surface area contributed by atoms with Gasteiger partial charge in [-0.2, -0.15) is 0 Å². The number of rotatable bonds is 4. The van der Waals surface area contributed by atoms with Crippen molar-refractivity contribution in [2.75, 3.05) is 45.9 Å². The van der Waals surface area contributed by atoms with Crippen LogP contribution in [0.3, 0.4) is 0 Å². The molecule has 1 N–H and O–H groups in total. The first-order valence-electron chi connectivity index (χ1n) is 8.65. The molecule has 2 heterocycles. The average molecular weight is 331 g/mol. The fourth-order valence-corrected chi connectivity index (χ4v) is 3.35. The number of morpholine rings is 1. The number of ether oxygens (including phenoxy) is 1. The van der Waals surface area contributed by atoms with Crippen molar-refractivity contribution in [3.8, 4) is 0 Å². The summed E-state index contributed by atoms with van der Waals surface area (Å²) in [4.78, 5) is 28.5. The Balaban J connectivity index is 1.64. The maximum atomic E-state index is 12.4. The number of amides is 2. The first-order chi connectivity index (χ1) is 11.7. The molecule has 1 unspecified atom stereocenters. The maximum Gasteiger partial charge on any atom is 0.224 e. The van der Waals surface area contributed by atoms with E-state index in [-0.39, 0.29) is 17.9 Å². The Morgan fingerprint density at radius 3 is 2.67 bits per heavy atom. The second-order valence-electron chi connectivity index (χ2n) is 6.26. The molecule has 2 aliphatic rings. The van der Waals surface area contributed by atoms with Crippen LogP contribution in [-0.4, -0.2) is 67.6 Å². The first kappa shape index (κ1) is 16.9. The molecular weight excluding hydrogens is 306 g/mol. The van der Waals surface area contributed by atoms with Crippen molar-refractivity contribution in [3.63, 3.8) is 0 Å². The average Bonchev–Trinajstić information content (AvgIpc) is 2.82. The van der Waals surface area contributed by atoms with Crippen molar-refractivity contribution >= 4 is 11.8 Å². The molecule has 6 heteroatoms. The van der Waals surface area contributed by atoms with Crippen LogP contribution in [0.2, 0.25) is 0 Å². The van der Waals surface area contributed by atoms with Crippen LogP contribution in [0.15, 0.2) is 30.3 Å². The van der Waals surface area contributed by atoms with E-state index >= 15 is 0 Å². The van der Waals surface area contributed by atoms with E-state index in [1.807, 2.05) is 23.1 Å². The number of nitrogens with one attached hydrogen (secondary N) is 1. The Morgan fingerprint density at radius 2 is 1.92 bits per heavy atom. The van der Waals surface area contributed by atoms with E-state index in [4.69, 9.17) is 4.74 Å². The topological polar surface area (TPSA) is 61.9 Å². The van der Waals surface area contributed by atoms with Gasteiger partial charge in [0.1, 0.15) is 0 Å². The summed E-state index contributed by atoms with van der Waals surface area (Å²) in [5.41, 5.74) is 1.13. The molecule has 0 radical (unpaired) electrons. The molecule has 2 fully saturated rings. The zero-order chi connectivity index (χ0) is 16.8. The summed E-state index contributed by atoms with van der Waals surface area (Å²) in [6.45, 7) is 4.68. The quantitative estimate of drug-likeness (QED) is 0.886. The maximum absolute atomic E-state index is 12.4. The van der Waals surface area contributed by atoms with Gasteiger partial charge in [-0.15, -0.1) is 0 Å². The molecule has 6 nitrogen and oxygen atoms in total. The standard InChI is InChI=1S/C18H25N3O3/c22-17-14-16(15-4-2-1-3-5-15)20(9-7-19-17)8-6-18(23)21-10-12-24-13-11-21/h1-5,16H,6-14H2,(H,19,22). The van der Waals surface area contributed by atoms with Gasteiger partial charge in [0.2, 0.25) is 11.8 Å². The van der Waals surface area contributed by atoms with Gasteiger partial charge < -0.3 is 15.0 Å². The lowest BCUT2D eigenvalue weighted by Crippen LogP contribution is -2.42. The van der Waals surface area contributed by atoms with Crippen molar-refractivity contribution in [2.24, 2.45) is 0 Å². The fourth-order valence-electron chi connectivity index (χ4n) is 3.35. The van der Waals surface area contributed by atoms with E-state index in [1.165, 1.54) is 0 Å². The van der Waals surface area contributed by atoms with Crippen LogP contribution in [0.5, 0.6) is 0 Å². The third-order valence-electron chi connectivity index (χ3n) is 4.70. The Labute approximate surface area is 142 Å². The summed E-state index contributed by atoms with van der Waals surface area (Å²) in [5.74, 6) is 0.250. The van der Waals surface area contributed by atoms with E-state index in [0.29, 0.717) is 52.2 Å². The smallest absolute Gasteiger partial charge is 0.224 e. The van der Waals surface area contributed by atoms with Crippen LogP contribution in [0.1, 0.15) is 24.4 Å². The molecule has 24 heavy (non-hydrogen) atoms. The minimum atomic E-state index is 0.0335. The third-order valence-corrected chi connectivity index (χ3v) is 4.70. The van der Waals surface area contributed by atoms with Crippen molar-refractivity contribution in [2.45, 2.75) is 18.9 Å². The highest BCUT2D eigenvalue weighted by atomic mass is 16.5. The lowest BCUT2D eigenvalue weighted by Gasteiger charge is -2.31. The van der Waals surface area contributed by atoms with Crippen LogP contribution < -0.4 is 5.32 Å². The van der Waals surface area contributed by atoms with E-state index in [0.717, 1.165) is 12.1 Å². The van der Waals surface area contributed by atoms with Gasteiger partial charge in [-0.3, -0.25) is 14.5 Å². The van der Waals surface area contributed by atoms with E-state index in [2.05, 4.69) is 22.3 Å². The van der Waals surface area contributed by atoms with Gasteiger partial charge in [0.25, 0.3) is 0 Å². The highest BCUT2D eigenvalue weighted by Crippen LogP contribution is 2.25. The molecule has 2 saturated heterocycles. The summed E-state index contributed by atoms with van der Waals surface area (Å²) in [6, 6.07) is 10.1. The Kier molecular flexibility index (Phi) is 5.82. The summed E-state index contributed by atoms with van der Waals surface area (Å²) in [7, 11) is 0. The lowest BCUT2D eigenvalue weighted by atomic mass is 10.0. The molecule has 0 saturated carbocycles. The molecule has 130 valence electrons. The first-order valence-corrected chi connectivity index (χ1v) is 8.65. The number of carbonyl (C=O) groups excluding carboxylic acids is 2. The normalized spacial score (nSPS) is 22.8. The van der Waals surface area contributed by atoms with Gasteiger partial charge in [-0.25, -0.2) is 0 Å². The van der Waals surface area contributed by atoms with E-state index in [1.54, 1.807) is 0 Å². The number of benzene rings is 1. The number of hydrogen-bond acceptors (Lipinski definition) is 4. The highest BCUT2D eigenvalue weighted by molar-refractivity contribution is 5.77. The van der Waals surface area contributed by atoms with Gasteiger partial charge in [-0.1, -0.05) is 30.3 Å². The molecule has 2 amide bonds. The van der Waals surface area contributed by atoms with Crippen molar-refractivity contribution in [3.05, 3.63) is 35.9 Å². The van der Waals surface area contributed by atoms with Crippen molar-refractivity contribution < 1.29 is 14.3 Å². The molecule has 0 aromatic heterocycles. The van der Waals surface area contributed by atoms with E-state index < -0.39 is 0 Å². The summed E-state index contributed by atoms with van der Waals surface area (Å²) < 4.78 is 5.30. The largest absolute Gasteiger partial charge is 0.378 e. The molecule has 0 aliphatic carbocycles. The SMILES string of the molecule is O=C1CC(c2ccccc2)N(CCC(=O)N2CCOCC2)CCN1. The number of hydrogen-bond donors (Lipinski definition) is 1. The lowest BCUT2D eigenvalue weighted by molar-refractivity contribution is -0.135. The zero-order valence-electron chi connectivity index (χ0n) is 13.9. The van der Waals surface area contributed by atoms with Gasteiger partial charge in [0, 0.05) is 51.6 Å². The molecule has 1 aromatic rings. The minimum absolute atomic E-state index is 0.0335. The van der Waals surface area contributed by atoms with Crippen molar-refractivity contribution in [1.29, 1.82) is 0 Å². The summed E-state index contributed by atoms with van der Waals surface area (Å²) in [5, 5.41) is 2.93. The minimum Gasteiger partial charge on any atom is -0.378 e. The molecule has 2 aliphatic heterocycles. The second-order valence-corrected chi connectivity index (χ2v) is 6.26. The predicted molar refractivity (Wildman–Crippen MR) is 90.4 cm³/mol. The Morgan fingerprint density at radius 1 is 1.17 bits per heavy atom. The van der Waals surface area contributed by atoms with Crippen LogP contribution in [0.4, 0.5) is 0 Å². The highest BCUT2D eigenvalue weighted by Gasteiger charge is 2.27. The molecule has 0 bridgehead atoms. The van der Waals surface area contributed by atoms with Gasteiger partial charge >= 0.3 is 0 Å². The van der Waals surface area contributed by atoms with E-state index in [9.17, 15) is 9.59 Å². The molecular formula is C18H25N3O3. The fraction of sp³-hybridized carbons (Fsp3) is 0.556. The molecule has 3 rings (SSSR count). The van der Waals surface area contributed by atoms with Gasteiger partial charge in [0.15, 0.2) is 0 Å². The van der Waals surface area contributed by atoms with Gasteiger partial charge in [0.05, 0.1) is 13.2 Å². The van der Waals surface area contributed by atoms with Crippen LogP contribution in [0, 0.1) is 0 Å². The van der Waals surface area contributed by atoms with Crippen molar-refractivity contribution in [1.82, 2.24) is 15.1 Å². The zero-order valence-corrected chi connectivity index (χ0v) is 13.9. The van der Waals surface area contributed by atoms with Crippen LogP contribution in [0.25, 0.3) is 0 Å². The number of nitrogens with zero attached hydrogens (tertiary/aromatic N) is 2. The monoisotopic (exact) mass is 331 g/mol. The number of carbonyl (C=O) groups is 2. The second kappa shape index (κ2) is 8.26. The molecule has 1 atom stereocenters. The molecule has 0 spiro atoms. The molecule has 1 aromatic carbocycles.